The molecule has 2 N–H and O–H groups in total. The highest BCUT2D eigenvalue weighted by atomic mass is 19.4. The third-order valence-corrected chi connectivity index (χ3v) is 4.26. The molecule has 0 aromatic heterocycles. The van der Waals surface area contributed by atoms with Crippen molar-refractivity contribution in [3.05, 3.63) is 35.4 Å². The van der Waals surface area contributed by atoms with E-state index in [-0.39, 0.29) is 24.1 Å². The van der Waals surface area contributed by atoms with Crippen LogP contribution in [0, 0.1) is 0 Å². The number of nitrogens with zero attached hydrogens (tertiary/aromatic N) is 1. The molecule has 2 rings (SSSR count). The van der Waals surface area contributed by atoms with Crippen molar-refractivity contribution < 1.29 is 23.1 Å². The van der Waals surface area contributed by atoms with Crippen molar-refractivity contribution in [2.24, 2.45) is 0 Å². The van der Waals surface area contributed by atoms with E-state index in [2.05, 4.69) is 5.32 Å². The first-order valence-corrected chi connectivity index (χ1v) is 7.98. The van der Waals surface area contributed by atoms with Crippen molar-refractivity contribution in [2.75, 3.05) is 19.6 Å². The number of halogens is 3. The van der Waals surface area contributed by atoms with Crippen LogP contribution in [-0.4, -0.2) is 41.6 Å². The van der Waals surface area contributed by atoms with Gasteiger partial charge in [0.1, 0.15) is 5.60 Å². The topological polar surface area (TPSA) is 52.6 Å². The van der Waals surface area contributed by atoms with E-state index in [1.54, 1.807) is 0 Å². The minimum absolute atomic E-state index is 0.0371. The summed E-state index contributed by atoms with van der Waals surface area (Å²) < 4.78 is 39.6. The summed E-state index contributed by atoms with van der Waals surface area (Å²) >= 11 is 0. The summed E-state index contributed by atoms with van der Waals surface area (Å²) in [5.41, 5.74) is -2.57. The quantitative estimate of drug-likeness (QED) is 0.882. The predicted octanol–water partition coefficient (Wildman–Crippen LogP) is 2.51. The Morgan fingerprint density at radius 1 is 1.33 bits per heavy atom. The molecule has 4 nitrogen and oxygen atoms in total. The molecule has 0 saturated carbocycles. The Balaban J connectivity index is 2.15. The van der Waals surface area contributed by atoms with Gasteiger partial charge in [0.15, 0.2) is 0 Å². The van der Waals surface area contributed by atoms with Gasteiger partial charge in [0.2, 0.25) is 5.91 Å². The number of alkyl halides is 3. The Labute approximate surface area is 139 Å². The molecule has 0 spiro atoms. The molecule has 7 heteroatoms. The fourth-order valence-corrected chi connectivity index (χ4v) is 3.32. The Hall–Kier alpha value is -1.60. The molecule has 134 valence electrons. The molecule has 0 unspecified atom stereocenters. The lowest BCUT2D eigenvalue weighted by atomic mass is 9.89. The number of carbonyl (C=O) groups is 1. The van der Waals surface area contributed by atoms with Gasteiger partial charge >= 0.3 is 6.18 Å². The summed E-state index contributed by atoms with van der Waals surface area (Å²) in [6, 6.07) is 5.08. The van der Waals surface area contributed by atoms with Gasteiger partial charge in [-0.1, -0.05) is 18.2 Å². The van der Waals surface area contributed by atoms with Crippen molar-refractivity contribution in [1.82, 2.24) is 10.2 Å². The maximum atomic E-state index is 13.2. The molecule has 24 heavy (non-hydrogen) atoms. The van der Waals surface area contributed by atoms with Gasteiger partial charge in [-0.15, -0.1) is 0 Å². The summed E-state index contributed by atoms with van der Waals surface area (Å²) in [5, 5.41) is 13.6. The number of benzene rings is 1. The number of aliphatic hydroxyl groups is 1. The molecular formula is C17H23F3N2O2. The molecule has 1 heterocycles. The smallest absolute Gasteiger partial charge is 0.384 e. The van der Waals surface area contributed by atoms with Crippen LogP contribution in [0.5, 0.6) is 0 Å². The molecular weight excluding hydrogens is 321 g/mol. The summed E-state index contributed by atoms with van der Waals surface area (Å²) in [6.45, 7) is 4.12. The Morgan fingerprint density at radius 2 is 1.96 bits per heavy atom. The molecule has 0 bridgehead atoms. The molecule has 2 atom stereocenters. The van der Waals surface area contributed by atoms with E-state index in [1.807, 2.05) is 4.90 Å². The van der Waals surface area contributed by atoms with Crippen molar-refractivity contribution >= 4 is 5.91 Å². The van der Waals surface area contributed by atoms with Crippen molar-refractivity contribution in [1.29, 1.82) is 0 Å². The number of hydrogen-bond acceptors (Lipinski definition) is 3. The minimum atomic E-state index is -4.51. The van der Waals surface area contributed by atoms with Gasteiger partial charge in [-0.2, -0.15) is 13.2 Å². The third-order valence-electron chi connectivity index (χ3n) is 4.26. The second kappa shape index (κ2) is 7.11. The van der Waals surface area contributed by atoms with Crippen LogP contribution in [0.15, 0.2) is 24.3 Å². The zero-order chi connectivity index (χ0) is 18.0. The highest BCUT2D eigenvalue weighted by Crippen LogP contribution is 2.37. The number of amides is 1. The van der Waals surface area contributed by atoms with Crippen LogP contribution in [0.4, 0.5) is 13.2 Å². The monoisotopic (exact) mass is 344 g/mol. The molecule has 1 aromatic rings. The van der Waals surface area contributed by atoms with Gasteiger partial charge < -0.3 is 10.4 Å². The van der Waals surface area contributed by atoms with Gasteiger partial charge in [-0.25, -0.2) is 0 Å². The lowest BCUT2D eigenvalue weighted by Crippen LogP contribution is -2.50. The highest BCUT2D eigenvalue weighted by molar-refractivity contribution is 5.73. The maximum absolute atomic E-state index is 13.2. The van der Waals surface area contributed by atoms with Crippen LogP contribution in [0.3, 0.4) is 0 Å². The Kier molecular flexibility index (Phi) is 5.55. The molecule has 1 saturated heterocycles. The predicted molar refractivity (Wildman–Crippen MR) is 84.3 cm³/mol. The van der Waals surface area contributed by atoms with Gasteiger partial charge in [-0.05, 0) is 37.9 Å². The number of rotatable bonds is 4. The fourth-order valence-electron chi connectivity index (χ4n) is 3.32. The van der Waals surface area contributed by atoms with E-state index in [0.29, 0.717) is 13.1 Å². The van der Waals surface area contributed by atoms with Crippen LogP contribution in [-0.2, 0) is 16.6 Å². The highest BCUT2D eigenvalue weighted by Gasteiger charge is 2.39. The van der Waals surface area contributed by atoms with E-state index in [1.165, 1.54) is 32.0 Å². The maximum Gasteiger partial charge on any atom is 0.416 e. The van der Waals surface area contributed by atoms with Crippen molar-refractivity contribution in [3.8, 4) is 0 Å². The second-order valence-electron chi connectivity index (χ2n) is 6.59. The van der Waals surface area contributed by atoms with Crippen LogP contribution in [0.1, 0.15) is 37.8 Å². The summed E-state index contributed by atoms with van der Waals surface area (Å²) in [4.78, 5) is 13.1. The largest absolute Gasteiger partial charge is 0.416 e. The SMILES string of the molecule is CC(=O)N[C@H]1CCCN(C[C@@](C)(O)c2ccccc2C(F)(F)F)C1. The number of β-amino-alcohol motifs (C(OH)–C–C–N with tert-alkyl or cyclic N) is 1. The average molecular weight is 344 g/mol. The summed E-state index contributed by atoms with van der Waals surface area (Å²) in [5.74, 6) is -0.129. The zero-order valence-electron chi connectivity index (χ0n) is 13.9. The van der Waals surface area contributed by atoms with E-state index in [9.17, 15) is 23.1 Å². The first-order chi connectivity index (χ1) is 11.1. The van der Waals surface area contributed by atoms with E-state index in [4.69, 9.17) is 0 Å². The number of hydrogen-bond donors (Lipinski definition) is 2. The lowest BCUT2D eigenvalue weighted by Gasteiger charge is -2.38. The second-order valence-corrected chi connectivity index (χ2v) is 6.59. The van der Waals surface area contributed by atoms with Gasteiger partial charge in [0.05, 0.1) is 5.56 Å². The average Bonchev–Trinajstić information content (AvgIpc) is 2.45. The molecule has 0 radical (unpaired) electrons. The number of nitrogens with one attached hydrogen (secondary N) is 1. The van der Waals surface area contributed by atoms with E-state index < -0.39 is 17.3 Å². The standard InChI is InChI=1S/C17H23F3N2O2/c1-12(23)21-13-6-5-9-22(10-13)11-16(2,24)14-7-3-4-8-15(14)17(18,19)20/h3-4,7-8,13,24H,5-6,9-11H2,1-2H3,(H,21,23)/t13-,16+/m0/s1. The molecule has 1 aromatic carbocycles. The van der Waals surface area contributed by atoms with Crippen molar-refractivity contribution in [2.45, 2.75) is 44.5 Å². The van der Waals surface area contributed by atoms with Crippen LogP contribution < -0.4 is 5.32 Å². The van der Waals surface area contributed by atoms with Gasteiger partial charge in [0, 0.05) is 26.1 Å². The third kappa shape index (κ3) is 4.70. The summed E-state index contributed by atoms with van der Waals surface area (Å²) in [6.07, 6.45) is -2.86. The normalized spacial score (nSPS) is 22.0. The zero-order valence-corrected chi connectivity index (χ0v) is 13.9. The number of piperidine rings is 1. The Bertz CT molecular complexity index is 587. The van der Waals surface area contributed by atoms with Crippen LogP contribution in [0.25, 0.3) is 0 Å². The molecule has 0 aliphatic carbocycles. The molecule has 1 aliphatic heterocycles. The molecule has 1 amide bonds. The van der Waals surface area contributed by atoms with Crippen LogP contribution in [0.2, 0.25) is 0 Å². The van der Waals surface area contributed by atoms with Gasteiger partial charge in [0.25, 0.3) is 0 Å². The summed E-state index contributed by atoms with van der Waals surface area (Å²) in [7, 11) is 0. The molecule has 1 fully saturated rings. The molecule has 1 aliphatic rings. The first kappa shape index (κ1) is 18.7. The lowest BCUT2D eigenvalue weighted by molar-refractivity contribution is -0.141. The van der Waals surface area contributed by atoms with Crippen molar-refractivity contribution in [3.63, 3.8) is 0 Å². The minimum Gasteiger partial charge on any atom is -0.384 e. The number of likely N-dealkylation sites (tertiary alicyclic amines) is 1. The van der Waals surface area contributed by atoms with E-state index in [0.717, 1.165) is 18.9 Å². The number of carbonyl (C=O) groups excluding carboxylic acids is 1. The Morgan fingerprint density at radius 3 is 2.54 bits per heavy atom. The van der Waals surface area contributed by atoms with E-state index >= 15 is 0 Å². The first-order valence-electron chi connectivity index (χ1n) is 7.98. The van der Waals surface area contributed by atoms with Crippen LogP contribution >= 0.6 is 0 Å². The van der Waals surface area contributed by atoms with Gasteiger partial charge in [-0.3, -0.25) is 9.69 Å². The fraction of sp³-hybridized carbons (Fsp3) is 0.588.